The lowest BCUT2D eigenvalue weighted by Gasteiger charge is -2.33. The van der Waals surface area contributed by atoms with Gasteiger partial charge in [0.15, 0.2) is 11.6 Å². The molecule has 1 aliphatic rings. The van der Waals surface area contributed by atoms with E-state index in [1.54, 1.807) is 28.9 Å². The van der Waals surface area contributed by atoms with Gasteiger partial charge in [-0.1, -0.05) is 6.92 Å². The lowest BCUT2D eigenvalue weighted by Crippen LogP contribution is -2.41. The molecule has 34 heavy (non-hydrogen) atoms. The van der Waals surface area contributed by atoms with Crippen LogP contribution in [-0.2, 0) is 22.7 Å². The fourth-order valence-corrected chi connectivity index (χ4v) is 4.34. The number of carbonyl (C=O) groups is 2. The highest BCUT2D eigenvalue weighted by Gasteiger charge is 2.25. The van der Waals surface area contributed by atoms with Crippen LogP contribution in [0, 0.1) is 18.6 Å². The average molecular weight is 476 g/mol. The molecule has 0 saturated heterocycles. The molecule has 0 unspecified atom stereocenters. The van der Waals surface area contributed by atoms with Gasteiger partial charge < -0.3 is 14.7 Å². The summed E-state index contributed by atoms with van der Waals surface area (Å²) in [6, 6.07) is 2.52. The Morgan fingerprint density at radius 3 is 2.32 bits per heavy atom. The molecule has 0 aliphatic carbocycles. The fraction of sp³-hybridized carbons (Fsp3) is 0.560. The zero-order valence-electron chi connectivity index (χ0n) is 20.6. The summed E-state index contributed by atoms with van der Waals surface area (Å²) in [4.78, 5) is 31.6. The molecular formula is C25H35F2N5O2. The lowest BCUT2D eigenvalue weighted by molar-refractivity contribution is -0.132. The summed E-state index contributed by atoms with van der Waals surface area (Å²) in [7, 11) is 0. The van der Waals surface area contributed by atoms with Gasteiger partial charge in [0.25, 0.3) is 0 Å². The molecule has 1 aliphatic heterocycles. The van der Waals surface area contributed by atoms with E-state index in [4.69, 9.17) is 0 Å². The molecule has 1 aromatic heterocycles. The average Bonchev–Trinajstić information content (AvgIpc) is 3.19. The van der Waals surface area contributed by atoms with Crippen LogP contribution in [0.25, 0.3) is 0 Å². The van der Waals surface area contributed by atoms with Crippen LogP contribution in [0.15, 0.2) is 24.5 Å². The van der Waals surface area contributed by atoms with Crippen LogP contribution in [0.3, 0.4) is 0 Å². The Kier molecular flexibility index (Phi) is 8.77. The van der Waals surface area contributed by atoms with Crippen molar-refractivity contribution in [2.75, 3.05) is 31.1 Å². The Morgan fingerprint density at radius 2 is 1.71 bits per heavy atom. The number of aromatic nitrogens is 2. The number of aryl methyl sites for hydroxylation is 1. The van der Waals surface area contributed by atoms with Gasteiger partial charge in [-0.05, 0) is 50.8 Å². The summed E-state index contributed by atoms with van der Waals surface area (Å²) < 4.78 is 30.2. The Labute approximate surface area is 200 Å². The number of rotatable bonds is 4. The van der Waals surface area contributed by atoms with Crippen LogP contribution < -0.4 is 4.90 Å². The Morgan fingerprint density at radius 1 is 1.03 bits per heavy atom. The molecule has 0 atom stereocenters. The smallest absolute Gasteiger partial charge is 0.244 e. The maximum absolute atomic E-state index is 14.3. The van der Waals surface area contributed by atoms with E-state index in [1.165, 1.54) is 4.90 Å². The normalized spacial score (nSPS) is 16.2. The molecule has 186 valence electrons. The number of halogens is 2. The topological polar surface area (TPSA) is 61.7 Å². The van der Waals surface area contributed by atoms with E-state index >= 15 is 0 Å². The third-order valence-electron chi connectivity index (χ3n) is 6.22. The first kappa shape index (κ1) is 25.8. The lowest BCUT2D eigenvalue weighted by atomic mass is 10.1. The molecular weight excluding hydrogens is 440 g/mol. The molecule has 0 N–H and O–H groups in total. The van der Waals surface area contributed by atoms with Gasteiger partial charge in [0, 0.05) is 57.4 Å². The number of amides is 2. The largest absolute Gasteiger partial charge is 0.337 e. The minimum atomic E-state index is -1.01. The van der Waals surface area contributed by atoms with Gasteiger partial charge in [-0.15, -0.1) is 0 Å². The molecule has 0 fully saturated rings. The number of hydrogen-bond donors (Lipinski definition) is 0. The van der Waals surface area contributed by atoms with Crippen molar-refractivity contribution >= 4 is 17.5 Å². The Balaban J connectivity index is 1.99. The summed E-state index contributed by atoms with van der Waals surface area (Å²) in [5.41, 5.74) is 1.70. The number of anilines is 1. The van der Waals surface area contributed by atoms with Gasteiger partial charge in [-0.2, -0.15) is 5.10 Å². The van der Waals surface area contributed by atoms with Gasteiger partial charge in [0.2, 0.25) is 11.8 Å². The molecule has 3 rings (SSSR count). The van der Waals surface area contributed by atoms with Crippen LogP contribution in [0.2, 0.25) is 0 Å². The fourth-order valence-electron chi connectivity index (χ4n) is 4.34. The van der Waals surface area contributed by atoms with Crippen molar-refractivity contribution in [3.8, 4) is 0 Å². The van der Waals surface area contributed by atoms with Gasteiger partial charge in [-0.25, -0.2) is 8.78 Å². The van der Waals surface area contributed by atoms with Crippen molar-refractivity contribution in [3.05, 3.63) is 47.3 Å². The molecule has 2 heterocycles. The van der Waals surface area contributed by atoms with Crippen LogP contribution in [0.1, 0.15) is 51.2 Å². The second-order valence-corrected chi connectivity index (χ2v) is 9.16. The first-order valence-electron chi connectivity index (χ1n) is 12.0. The van der Waals surface area contributed by atoms with Crippen molar-refractivity contribution in [2.45, 2.75) is 66.1 Å². The molecule has 1 aromatic carbocycles. The molecule has 0 saturated carbocycles. The van der Waals surface area contributed by atoms with Gasteiger partial charge in [0.1, 0.15) is 6.54 Å². The van der Waals surface area contributed by atoms with Crippen molar-refractivity contribution in [1.29, 1.82) is 0 Å². The highest BCUT2D eigenvalue weighted by atomic mass is 19.2. The third kappa shape index (κ3) is 6.40. The highest BCUT2D eigenvalue weighted by Crippen LogP contribution is 2.27. The summed E-state index contributed by atoms with van der Waals surface area (Å²) in [6.07, 6.45) is 5.18. The summed E-state index contributed by atoms with van der Waals surface area (Å²) in [5.74, 6) is -2.32. The standard InChI is InChI=1S/C25H35F2N5O2/c1-5-24(33)32-11-7-9-29(18(2)3)8-6-10-30(25(34)17-31-15-19(4)14-28-31)16-20-12-21(26)22(27)13-23(20)32/h12-15,18H,5-11,16-17H2,1-4H3. The number of benzene rings is 1. The molecule has 0 radical (unpaired) electrons. The second kappa shape index (κ2) is 11.6. The van der Waals surface area contributed by atoms with E-state index in [2.05, 4.69) is 23.8 Å². The summed E-state index contributed by atoms with van der Waals surface area (Å²) >= 11 is 0. The van der Waals surface area contributed by atoms with Crippen molar-refractivity contribution < 1.29 is 18.4 Å². The maximum Gasteiger partial charge on any atom is 0.244 e. The monoisotopic (exact) mass is 475 g/mol. The molecule has 9 heteroatoms. The Hall–Kier alpha value is -2.81. The number of hydrogen-bond acceptors (Lipinski definition) is 4. The molecule has 0 spiro atoms. The van der Waals surface area contributed by atoms with Crippen molar-refractivity contribution in [1.82, 2.24) is 19.6 Å². The SMILES string of the molecule is CCC(=O)N1CCCN(C(C)C)CCCN(C(=O)Cn2cc(C)cn2)Cc2cc(F)c(F)cc21. The predicted octanol–water partition coefficient (Wildman–Crippen LogP) is 3.75. The zero-order valence-corrected chi connectivity index (χ0v) is 20.6. The Bertz CT molecular complexity index is 1010. The van der Waals surface area contributed by atoms with E-state index in [1.807, 2.05) is 6.92 Å². The minimum absolute atomic E-state index is 0.0539. The number of carbonyl (C=O) groups excluding carboxylic acids is 2. The first-order valence-corrected chi connectivity index (χ1v) is 12.0. The molecule has 0 bridgehead atoms. The van der Waals surface area contributed by atoms with E-state index in [0.29, 0.717) is 36.8 Å². The quantitative estimate of drug-likeness (QED) is 0.676. The predicted molar refractivity (Wildman–Crippen MR) is 127 cm³/mol. The van der Waals surface area contributed by atoms with E-state index in [9.17, 15) is 18.4 Å². The highest BCUT2D eigenvalue weighted by molar-refractivity contribution is 5.94. The van der Waals surface area contributed by atoms with E-state index in [0.717, 1.165) is 37.2 Å². The number of nitrogens with zero attached hydrogens (tertiary/aromatic N) is 5. The second-order valence-electron chi connectivity index (χ2n) is 9.16. The van der Waals surface area contributed by atoms with Gasteiger partial charge in [-0.3, -0.25) is 14.3 Å². The summed E-state index contributed by atoms with van der Waals surface area (Å²) in [5, 5.41) is 4.20. The van der Waals surface area contributed by atoms with E-state index < -0.39 is 11.6 Å². The first-order chi connectivity index (χ1) is 16.2. The molecule has 7 nitrogen and oxygen atoms in total. The van der Waals surface area contributed by atoms with Gasteiger partial charge in [0.05, 0.1) is 11.9 Å². The third-order valence-corrected chi connectivity index (χ3v) is 6.22. The minimum Gasteiger partial charge on any atom is -0.337 e. The van der Waals surface area contributed by atoms with Crippen LogP contribution in [-0.4, -0.2) is 63.6 Å². The van der Waals surface area contributed by atoms with Crippen LogP contribution >= 0.6 is 0 Å². The molecule has 2 amide bonds. The van der Waals surface area contributed by atoms with Gasteiger partial charge >= 0.3 is 0 Å². The van der Waals surface area contributed by atoms with E-state index in [-0.39, 0.29) is 31.3 Å². The molecule has 2 aromatic rings. The van der Waals surface area contributed by atoms with Crippen LogP contribution in [0.5, 0.6) is 0 Å². The van der Waals surface area contributed by atoms with Crippen molar-refractivity contribution in [3.63, 3.8) is 0 Å². The van der Waals surface area contributed by atoms with Crippen LogP contribution in [0.4, 0.5) is 14.5 Å². The van der Waals surface area contributed by atoms with Crippen molar-refractivity contribution in [2.24, 2.45) is 0 Å². The zero-order chi connectivity index (χ0) is 24.8. The maximum atomic E-state index is 14.3. The summed E-state index contributed by atoms with van der Waals surface area (Å²) in [6.45, 7) is 10.5. The number of fused-ring (bicyclic) bond motifs is 1.